The van der Waals surface area contributed by atoms with E-state index in [9.17, 15) is 4.39 Å². The van der Waals surface area contributed by atoms with Gasteiger partial charge in [-0.1, -0.05) is 30.3 Å². The Kier molecular flexibility index (Phi) is 4.65. The topological polar surface area (TPSA) is 27.7 Å². The molecule has 0 spiro atoms. The maximum Gasteiger partial charge on any atom is 0.494 e. The Balaban J connectivity index is 1.79. The number of aryl methyl sites for hydroxylation is 1. The van der Waals surface area contributed by atoms with Gasteiger partial charge in [-0.3, -0.25) is 0 Å². The average Bonchev–Trinajstić information content (AvgIpc) is 2.76. The van der Waals surface area contributed by atoms with E-state index in [1.54, 1.807) is 12.1 Å². The largest absolute Gasteiger partial charge is 0.494 e. The van der Waals surface area contributed by atoms with E-state index in [1.807, 2.05) is 58.9 Å². The maximum atomic E-state index is 14.2. The lowest BCUT2D eigenvalue weighted by Crippen LogP contribution is -2.41. The summed E-state index contributed by atoms with van der Waals surface area (Å²) in [4.78, 5) is 0. The van der Waals surface area contributed by atoms with Crippen LogP contribution in [0.1, 0.15) is 38.8 Å². The minimum Gasteiger partial charge on any atom is -0.486 e. The number of hydrogen-bond acceptors (Lipinski definition) is 3. The lowest BCUT2D eigenvalue weighted by Gasteiger charge is -2.32. The Bertz CT molecular complexity index is 757. The zero-order valence-corrected chi connectivity index (χ0v) is 15.4. The summed E-state index contributed by atoms with van der Waals surface area (Å²) in [5, 5.41) is 0. The van der Waals surface area contributed by atoms with E-state index in [4.69, 9.17) is 14.0 Å². The highest BCUT2D eigenvalue weighted by Gasteiger charge is 2.51. The first-order chi connectivity index (χ1) is 11.7. The average molecular weight is 342 g/mol. The fourth-order valence-corrected chi connectivity index (χ4v) is 2.68. The summed E-state index contributed by atoms with van der Waals surface area (Å²) in [5.74, 6) is -0.190. The van der Waals surface area contributed by atoms with E-state index in [2.05, 4.69) is 0 Å². The van der Waals surface area contributed by atoms with Crippen molar-refractivity contribution in [1.82, 2.24) is 0 Å². The second kappa shape index (κ2) is 6.47. The van der Waals surface area contributed by atoms with Crippen LogP contribution in [-0.2, 0) is 15.9 Å². The summed E-state index contributed by atoms with van der Waals surface area (Å²) in [6, 6.07) is 12.6. The van der Waals surface area contributed by atoms with Gasteiger partial charge >= 0.3 is 7.12 Å². The first kappa shape index (κ1) is 18.0. The molecular formula is C20H24BFO3. The molecule has 1 heterocycles. The molecule has 25 heavy (non-hydrogen) atoms. The summed E-state index contributed by atoms with van der Waals surface area (Å²) in [6.45, 7) is 10.3. The molecule has 3 nitrogen and oxygen atoms in total. The van der Waals surface area contributed by atoms with Crippen LogP contribution in [0.15, 0.2) is 42.5 Å². The summed E-state index contributed by atoms with van der Waals surface area (Å²) < 4.78 is 31.9. The minimum absolute atomic E-state index is 0.204. The molecule has 5 heteroatoms. The van der Waals surface area contributed by atoms with Crippen LogP contribution >= 0.6 is 0 Å². The molecule has 1 aliphatic heterocycles. The molecule has 1 fully saturated rings. The molecule has 0 amide bonds. The van der Waals surface area contributed by atoms with Crippen molar-refractivity contribution in [3.05, 3.63) is 59.4 Å². The third-order valence-corrected chi connectivity index (χ3v) is 5.13. The highest BCUT2D eigenvalue weighted by atomic mass is 19.1. The molecule has 0 N–H and O–H groups in total. The predicted molar refractivity (Wildman–Crippen MR) is 97.6 cm³/mol. The van der Waals surface area contributed by atoms with Gasteiger partial charge in [0.05, 0.1) is 11.2 Å². The van der Waals surface area contributed by atoms with Crippen molar-refractivity contribution >= 4 is 12.6 Å². The molecule has 0 bridgehead atoms. The van der Waals surface area contributed by atoms with Crippen LogP contribution in [0.4, 0.5) is 4.39 Å². The molecule has 1 aliphatic rings. The SMILES string of the molecule is Cc1ccccc1COc1cc(B2OC(C)(C)C(C)(C)O2)ccc1F. The first-order valence-electron chi connectivity index (χ1n) is 8.52. The zero-order valence-electron chi connectivity index (χ0n) is 15.4. The molecule has 0 atom stereocenters. The van der Waals surface area contributed by atoms with Crippen LogP contribution in [0.25, 0.3) is 0 Å². The predicted octanol–water partition coefficient (Wildman–Crippen LogP) is 4.01. The number of hydrogen-bond donors (Lipinski definition) is 0. The van der Waals surface area contributed by atoms with Crippen molar-refractivity contribution in [3.8, 4) is 5.75 Å². The van der Waals surface area contributed by atoms with Crippen molar-refractivity contribution in [2.24, 2.45) is 0 Å². The van der Waals surface area contributed by atoms with Gasteiger partial charge in [0.25, 0.3) is 0 Å². The summed E-state index contributed by atoms with van der Waals surface area (Å²) >= 11 is 0. The molecule has 132 valence electrons. The van der Waals surface area contributed by atoms with Gasteiger partial charge in [0.15, 0.2) is 11.6 Å². The van der Waals surface area contributed by atoms with Crippen LogP contribution in [0, 0.1) is 12.7 Å². The van der Waals surface area contributed by atoms with Crippen LogP contribution < -0.4 is 10.2 Å². The molecule has 1 saturated heterocycles. The van der Waals surface area contributed by atoms with E-state index in [1.165, 1.54) is 6.07 Å². The van der Waals surface area contributed by atoms with Gasteiger partial charge < -0.3 is 14.0 Å². The highest BCUT2D eigenvalue weighted by molar-refractivity contribution is 6.62. The second-order valence-electron chi connectivity index (χ2n) is 7.49. The van der Waals surface area contributed by atoms with Crippen molar-refractivity contribution in [3.63, 3.8) is 0 Å². The normalized spacial score (nSPS) is 18.4. The zero-order chi connectivity index (χ0) is 18.2. The molecule has 0 aliphatic carbocycles. The number of rotatable bonds is 4. The van der Waals surface area contributed by atoms with E-state index >= 15 is 0 Å². The van der Waals surface area contributed by atoms with Crippen molar-refractivity contribution < 1.29 is 18.4 Å². The molecule has 0 saturated carbocycles. The summed E-state index contributed by atoms with van der Waals surface area (Å²) in [7, 11) is -0.536. The Morgan fingerprint density at radius 3 is 2.28 bits per heavy atom. The fraction of sp³-hybridized carbons (Fsp3) is 0.400. The third-order valence-electron chi connectivity index (χ3n) is 5.13. The smallest absolute Gasteiger partial charge is 0.486 e. The number of ether oxygens (including phenoxy) is 1. The van der Waals surface area contributed by atoms with Gasteiger partial charge in [0, 0.05) is 0 Å². The molecular weight excluding hydrogens is 318 g/mol. The van der Waals surface area contributed by atoms with E-state index in [0.29, 0.717) is 6.61 Å². The monoisotopic (exact) mass is 342 g/mol. The lowest BCUT2D eigenvalue weighted by atomic mass is 9.79. The molecule has 0 unspecified atom stereocenters. The van der Waals surface area contributed by atoms with Gasteiger partial charge in [-0.25, -0.2) is 4.39 Å². The van der Waals surface area contributed by atoms with E-state index in [0.717, 1.165) is 16.6 Å². The first-order valence-corrected chi connectivity index (χ1v) is 8.52. The van der Waals surface area contributed by atoms with Crippen molar-refractivity contribution in [1.29, 1.82) is 0 Å². The van der Waals surface area contributed by atoms with Crippen LogP contribution in [0.5, 0.6) is 5.75 Å². The van der Waals surface area contributed by atoms with Crippen molar-refractivity contribution in [2.75, 3.05) is 0 Å². The molecule has 2 aromatic carbocycles. The number of halogens is 1. The van der Waals surface area contributed by atoms with Crippen molar-refractivity contribution in [2.45, 2.75) is 52.4 Å². The van der Waals surface area contributed by atoms with Gasteiger partial charge in [-0.05, 0) is 63.3 Å². The number of benzene rings is 2. The molecule has 0 aromatic heterocycles. The summed E-state index contributed by atoms with van der Waals surface area (Å²) in [6.07, 6.45) is 0. The fourth-order valence-electron chi connectivity index (χ4n) is 2.68. The van der Waals surface area contributed by atoms with Gasteiger partial charge in [0.2, 0.25) is 0 Å². The summed E-state index contributed by atoms with van der Waals surface area (Å²) in [5.41, 5.74) is 2.02. The van der Waals surface area contributed by atoms with E-state index < -0.39 is 24.1 Å². The lowest BCUT2D eigenvalue weighted by molar-refractivity contribution is 0.00578. The minimum atomic E-state index is -0.536. The van der Waals surface area contributed by atoms with Gasteiger partial charge in [-0.2, -0.15) is 0 Å². The van der Waals surface area contributed by atoms with Gasteiger partial charge in [-0.15, -0.1) is 0 Å². The van der Waals surface area contributed by atoms with E-state index in [-0.39, 0.29) is 5.75 Å². The second-order valence-corrected chi connectivity index (χ2v) is 7.49. The van der Waals surface area contributed by atoms with Gasteiger partial charge in [0.1, 0.15) is 6.61 Å². The Morgan fingerprint density at radius 1 is 1.00 bits per heavy atom. The van der Waals surface area contributed by atoms with Crippen LogP contribution in [0.2, 0.25) is 0 Å². The quantitative estimate of drug-likeness (QED) is 0.786. The molecule has 3 rings (SSSR count). The van der Waals surface area contributed by atoms with Crippen LogP contribution in [0.3, 0.4) is 0 Å². The Morgan fingerprint density at radius 2 is 1.64 bits per heavy atom. The van der Waals surface area contributed by atoms with Crippen LogP contribution in [-0.4, -0.2) is 18.3 Å². The third kappa shape index (κ3) is 3.58. The maximum absolute atomic E-state index is 14.2. The Labute approximate surface area is 149 Å². The molecule has 2 aromatic rings. The highest BCUT2D eigenvalue weighted by Crippen LogP contribution is 2.36. The molecule has 0 radical (unpaired) electrons. The Hall–Kier alpha value is -1.85. The standard InChI is InChI=1S/C20H24BFO3/c1-14-8-6-7-9-15(14)13-23-18-12-16(10-11-17(18)22)21-24-19(2,3)20(4,5)25-21/h6-12H,13H2,1-5H3.